The zero-order chi connectivity index (χ0) is 13.6. The zero-order valence-corrected chi connectivity index (χ0v) is 11.9. The van der Waals surface area contributed by atoms with Gasteiger partial charge in [-0.05, 0) is 32.4 Å². The van der Waals surface area contributed by atoms with Gasteiger partial charge in [0.2, 0.25) is 0 Å². The maximum Gasteiger partial charge on any atom is 0.260 e. The SMILES string of the molecule is Cc1cccc(-c2nc3sc(C)c(C)c3c(=O)[nH]2)c1. The summed E-state index contributed by atoms with van der Waals surface area (Å²) < 4.78 is 0. The first kappa shape index (κ1) is 12.1. The van der Waals surface area contributed by atoms with Gasteiger partial charge < -0.3 is 4.98 Å². The molecule has 0 atom stereocenters. The molecule has 0 aliphatic carbocycles. The van der Waals surface area contributed by atoms with E-state index in [9.17, 15) is 4.79 Å². The molecule has 1 N–H and O–H groups in total. The van der Waals surface area contributed by atoms with Gasteiger partial charge in [0.15, 0.2) is 0 Å². The van der Waals surface area contributed by atoms with E-state index in [1.54, 1.807) is 11.3 Å². The minimum Gasteiger partial charge on any atom is -0.306 e. The van der Waals surface area contributed by atoms with E-state index >= 15 is 0 Å². The fourth-order valence-corrected chi connectivity index (χ4v) is 3.21. The van der Waals surface area contributed by atoms with Crippen molar-refractivity contribution in [3.8, 4) is 11.4 Å². The van der Waals surface area contributed by atoms with Crippen LogP contribution in [0.2, 0.25) is 0 Å². The van der Waals surface area contributed by atoms with Crippen LogP contribution in [0, 0.1) is 20.8 Å². The average Bonchev–Trinajstić information content (AvgIpc) is 2.65. The van der Waals surface area contributed by atoms with Crippen LogP contribution in [0.5, 0.6) is 0 Å². The molecule has 0 aliphatic heterocycles. The molecule has 1 aromatic carbocycles. The summed E-state index contributed by atoms with van der Waals surface area (Å²) in [5, 5.41) is 0.721. The highest BCUT2D eigenvalue weighted by atomic mass is 32.1. The molecule has 0 fully saturated rings. The predicted octanol–water partition coefficient (Wildman–Crippen LogP) is 3.58. The van der Waals surface area contributed by atoms with E-state index < -0.39 is 0 Å². The third kappa shape index (κ3) is 1.98. The Balaban J connectivity index is 2.30. The molecule has 0 amide bonds. The van der Waals surface area contributed by atoms with Gasteiger partial charge >= 0.3 is 0 Å². The Kier molecular flexibility index (Phi) is 2.75. The lowest BCUT2D eigenvalue weighted by Crippen LogP contribution is -2.09. The van der Waals surface area contributed by atoms with Gasteiger partial charge in [-0.2, -0.15) is 0 Å². The van der Waals surface area contributed by atoms with Crippen LogP contribution < -0.4 is 5.56 Å². The fraction of sp³-hybridized carbons (Fsp3) is 0.200. The van der Waals surface area contributed by atoms with Crippen LogP contribution in [0.1, 0.15) is 16.0 Å². The van der Waals surface area contributed by atoms with E-state index in [0.29, 0.717) is 5.82 Å². The molecule has 0 saturated heterocycles. The molecular weight excluding hydrogens is 256 g/mol. The van der Waals surface area contributed by atoms with Gasteiger partial charge in [0.05, 0.1) is 5.39 Å². The first-order chi connectivity index (χ1) is 9.06. The highest BCUT2D eigenvalue weighted by Crippen LogP contribution is 2.27. The van der Waals surface area contributed by atoms with Crippen molar-refractivity contribution in [2.45, 2.75) is 20.8 Å². The third-order valence-corrected chi connectivity index (χ3v) is 4.43. The first-order valence-corrected chi connectivity index (χ1v) is 6.95. The van der Waals surface area contributed by atoms with Gasteiger partial charge in [0.25, 0.3) is 5.56 Å². The molecule has 0 radical (unpaired) electrons. The van der Waals surface area contributed by atoms with Gasteiger partial charge in [-0.3, -0.25) is 4.79 Å². The number of fused-ring (bicyclic) bond motifs is 1. The second-order valence-corrected chi connectivity index (χ2v) is 5.95. The van der Waals surface area contributed by atoms with Crippen molar-refractivity contribution < 1.29 is 0 Å². The molecule has 2 aromatic heterocycles. The minimum atomic E-state index is -0.0524. The van der Waals surface area contributed by atoms with Crippen LogP contribution in [0.3, 0.4) is 0 Å². The van der Waals surface area contributed by atoms with Crippen molar-refractivity contribution in [2.75, 3.05) is 0 Å². The lowest BCUT2D eigenvalue weighted by atomic mass is 10.1. The van der Waals surface area contributed by atoms with Gasteiger partial charge in [0, 0.05) is 10.4 Å². The Morgan fingerprint density at radius 2 is 2.00 bits per heavy atom. The van der Waals surface area contributed by atoms with Gasteiger partial charge in [0.1, 0.15) is 10.7 Å². The van der Waals surface area contributed by atoms with Crippen molar-refractivity contribution >= 4 is 21.6 Å². The monoisotopic (exact) mass is 270 g/mol. The summed E-state index contributed by atoms with van der Waals surface area (Å²) in [6.07, 6.45) is 0. The van der Waals surface area contributed by atoms with E-state index in [4.69, 9.17) is 0 Å². The number of nitrogens with one attached hydrogen (secondary N) is 1. The molecular formula is C15H14N2OS. The van der Waals surface area contributed by atoms with Crippen LogP contribution in [0.25, 0.3) is 21.6 Å². The molecule has 3 aromatic rings. The Morgan fingerprint density at radius 1 is 1.21 bits per heavy atom. The Labute approximate surface area is 115 Å². The summed E-state index contributed by atoms with van der Waals surface area (Å²) in [6.45, 7) is 6.02. The summed E-state index contributed by atoms with van der Waals surface area (Å²) >= 11 is 1.57. The standard InChI is InChI=1S/C15H14N2OS/c1-8-5-4-6-11(7-8)13-16-14(18)12-9(2)10(3)19-15(12)17-13/h4-7H,1-3H3,(H,16,17,18). The van der Waals surface area contributed by atoms with Crippen molar-refractivity contribution in [2.24, 2.45) is 0 Å². The molecule has 3 rings (SSSR count). The molecule has 0 spiro atoms. The number of hydrogen-bond donors (Lipinski definition) is 1. The van der Waals surface area contributed by atoms with Crippen LogP contribution in [-0.2, 0) is 0 Å². The zero-order valence-electron chi connectivity index (χ0n) is 11.1. The summed E-state index contributed by atoms with van der Waals surface area (Å²) in [6, 6.07) is 7.99. The van der Waals surface area contributed by atoms with E-state index in [1.165, 1.54) is 0 Å². The number of aromatic amines is 1. The van der Waals surface area contributed by atoms with Crippen LogP contribution in [0.15, 0.2) is 29.1 Å². The summed E-state index contributed by atoms with van der Waals surface area (Å²) in [4.78, 5) is 21.6. The Morgan fingerprint density at radius 3 is 2.74 bits per heavy atom. The Bertz CT molecular complexity index is 830. The lowest BCUT2D eigenvalue weighted by molar-refractivity contribution is 1.18. The molecule has 4 heteroatoms. The topological polar surface area (TPSA) is 45.8 Å². The largest absolute Gasteiger partial charge is 0.306 e. The predicted molar refractivity (Wildman–Crippen MR) is 79.9 cm³/mol. The maximum absolute atomic E-state index is 12.2. The van der Waals surface area contributed by atoms with E-state index in [1.807, 2.05) is 45.0 Å². The summed E-state index contributed by atoms with van der Waals surface area (Å²) in [7, 11) is 0. The average molecular weight is 270 g/mol. The number of H-pyrrole nitrogens is 1. The number of benzene rings is 1. The summed E-state index contributed by atoms with van der Waals surface area (Å²) in [5.41, 5.74) is 3.08. The quantitative estimate of drug-likeness (QED) is 0.734. The highest BCUT2D eigenvalue weighted by molar-refractivity contribution is 7.18. The molecule has 96 valence electrons. The summed E-state index contributed by atoms with van der Waals surface area (Å²) in [5.74, 6) is 0.641. The van der Waals surface area contributed by atoms with Crippen molar-refractivity contribution in [1.82, 2.24) is 9.97 Å². The van der Waals surface area contributed by atoms with Crippen molar-refractivity contribution in [1.29, 1.82) is 0 Å². The first-order valence-electron chi connectivity index (χ1n) is 6.13. The minimum absolute atomic E-state index is 0.0524. The molecule has 3 nitrogen and oxygen atoms in total. The lowest BCUT2D eigenvalue weighted by Gasteiger charge is -2.02. The maximum atomic E-state index is 12.2. The number of aromatic nitrogens is 2. The van der Waals surface area contributed by atoms with Gasteiger partial charge in [-0.25, -0.2) is 4.98 Å². The molecule has 19 heavy (non-hydrogen) atoms. The third-order valence-electron chi connectivity index (χ3n) is 3.33. The molecule has 0 bridgehead atoms. The smallest absolute Gasteiger partial charge is 0.260 e. The number of aryl methyl sites for hydroxylation is 3. The molecule has 0 unspecified atom stereocenters. The molecule has 2 heterocycles. The highest BCUT2D eigenvalue weighted by Gasteiger charge is 2.12. The van der Waals surface area contributed by atoms with Gasteiger partial charge in [-0.15, -0.1) is 11.3 Å². The second-order valence-electron chi connectivity index (χ2n) is 4.75. The van der Waals surface area contributed by atoms with E-state index in [0.717, 1.165) is 31.8 Å². The Hall–Kier alpha value is -1.94. The van der Waals surface area contributed by atoms with Crippen LogP contribution in [-0.4, -0.2) is 9.97 Å². The van der Waals surface area contributed by atoms with Crippen LogP contribution in [0.4, 0.5) is 0 Å². The van der Waals surface area contributed by atoms with E-state index in [2.05, 4.69) is 9.97 Å². The molecule has 0 aliphatic rings. The molecule has 0 saturated carbocycles. The number of rotatable bonds is 1. The van der Waals surface area contributed by atoms with Crippen molar-refractivity contribution in [3.05, 3.63) is 50.6 Å². The second kappa shape index (κ2) is 4.31. The number of nitrogens with zero attached hydrogens (tertiary/aromatic N) is 1. The fourth-order valence-electron chi connectivity index (χ4n) is 2.18. The number of hydrogen-bond acceptors (Lipinski definition) is 3. The van der Waals surface area contributed by atoms with Crippen LogP contribution >= 0.6 is 11.3 Å². The van der Waals surface area contributed by atoms with E-state index in [-0.39, 0.29) is 5.56 Å². The normalized spacial score (nSPS) is 11.1. The van der Waals surface area contributed by atoms with Crippen molar-refractivity contribution in [3.63, 3.8) is 0 Å². The number of thiophene rings is 1. The van der Waals surface area contributed by atoms with Gasteiger partial charge in [-0.1, -0.05) is 23.8 Å².